The number of para-hydroxylation sites is 1. The highest BCUT2D eigenvalue weighted by Gasteiger charge is 2.41. The number of likely N-dealkylation sites (tertiary alicyclic amines) is 1. The first-order valence-electron chi connectivity index (χ1n) is 36.1. The first kappa shape index (κ1) is 89.8. The molecule has 2 aromatic carbocycles. The fourth-order valence-electron chi connectivity index (χ4n) is 12.2. The van der Waals surface area contributed by atoms with Crippen molar-refractivity contribution in [2.24, 2.45) is 29.2 Å². The number of nitrogens with one attached hydrogen (secondary N) is 12. The van der Waals surface area contributed by atoms with Gasteiger partial charge in [-0.25, -0.2) is 4.79 Å². The predicted molar refractivity (Wildman–Crippen MR) is 389 cm³/mol. The molecule has 0 bridgehead atoms. The molecule has 108 heavy (non-hydrogen) atoms. The summed E-state index contributed by atoms with van der Waals surface area (Å²) in [5.41, 5.74) is 12.6. The number of hydrogen-bond donors (Lipinski definition) is 19. The lowest BCUT2D eigenvalue weighted by Crippen LogP contribution is -2.62. The Kier molecular flexibility index (Phi) is 37.0. The molecule has 596 valence electrons. The standard InChI is InChI=1S/C72H107N15O21/c1-37(2)29-49(64(99)81-52(33-43-35-75-45-20-13-12-19-44(43)45)67(102)77-46(21-14-15-27-73)61(96)79-50(30-38(3)4)65(100)84-54(31-39(5)6)71(106)87-28-16-22-56(87)72(107)108)80-68(103)53(34-59(94)95)82-69(104)55(36-88)85-66(101)51(32-42-17-10-9-11-18-42)83-70(105)60(40(7)89)86-63(98)48(24-26-58(92)93)78-62(97)47(76-41(8)90)23-25-57(74)91/h9-13,17-20,35,37-40,46-56,60,75,88-89H,14-16,21-34,36,73H2,1-8H3,(H2,74,91)(H,76,90)(H,77,102)(H,78,97)(H,79,96)(H,80,103)(H,81,99)(H,82,104)(H,83,105)(H,84,100)(H,85,101)(H,86,98)(H,92,93)(H,94,95)(H,107,108)/t40-,46+,47+,48+,49+,50+,51+,52+,53+,54+,55+,56+,60+/m1/s1. The van der Waals surface area contributed by atoms with Crippen molar-refractivity contribution in [2.45, 2.75) is 230 Å². The molecule has 13 amide bonds. The van der Waals surface area contributed by atoms with Gasteiger partial charge in [0.1, 0.15) is 72.5 Å². The van der Waals surface area contributed by atoms with Crippen LogP contribution in [0.4, 0.5) is 0 Å². The van der Waals surface area contributed by atoms with Crippen LogP contribution in [0.2, 0.25) is 0 Å². The minimum atomic E-state index is -2.06. The Morgan fingerprint density at radius 3 is 1.47 bits per heavy atom. The molecule has 0 unspecified atom stereocenters. The number of carbonyl (C=O) groups excluding carboxylic acids is 13. The van der Waals surface area contributed by atoms with Gasteiger partial charge in [0.2, 0.25) is 76.8 Å². The Labute approximate surface area is 625 Å². The van der Waals surface area contributed by atoms with Gasteiger partial charge in [-0.15, -0.1) is 0 Å². The fourth-order valence-corrected chi connectivity index (χ4v) is 12.2. The van der Waals surface area contributed by atoms with Crippen molar-refractivity contribution in [3.05, 3.63) is 71.9 Å². The number of aliphatic hydroxyl groups is 2. The number of carbonyl (C=O) groups is 16. The number of aromatic amines is 1. The number of aliphatic carboxylic acids is 3. The lowest BCUT2D eigenvalue weighted by Gasteiger charge is -2.30. The van der Waals surface area contributed by atoms with Crippen molar-refractivity contribution in [1.82, 2.24) is 68.4 Å². The lowest BCUT2D eigenvalue weighted by atomic mass is 9.98. The van der Waals surface area contributed by atoms with Crippen LogP contribution in [0.5, 0.6) is 0 Å². The molecule has 1 aliphatic rings. The molecule has 21 N–H and O–H groups in total. The van der Waals surface area contributed by atoms with E-state index in [9.17, 15) is 102 Å². The zero-order valence-electron chi connectivity index (χ0n) is 62.1. The monoisotopic (exact) mass is 1520 g/mol. The molecule has 2 heterocycles. The van der Waals surface area contributed by atoms with E-state index >= 15 is 0 Å². The van der Waals surface area contributed by atoms with Crippen molar-refractivity contribution in [2.75, 3.05) is 19.7 Å². The van der Waals surface area contributed by atoms with Crippen molar-refractivity contribution in [3.8, 4) is 0 Å². The van der Waals surface area contributed by atoms with E-state index in [4.69, 9.17) is 11.5 Å². The van der Waals surface area contributed by atoms with E-state index in [-0.39, 0.29) is 82.7 Å². The quantitative estimate of drug-likeness (QED) is 0.0263. The van der Waals surface area contributed by atoms with Crippen LogP contribution in [0.15, 0.2) is 60.8 Å². The van der Waals surface area contributed by atoms with Gasteiger partial charge in [0.25, 0.3) is 0 Å². The van der Waals surface area contributed by atoms with Gasteiger partial charge >= 0.3 is 17.9 Å². The maximum atomic E-state index is 15.0. The molecule has 1 fully saturated rings. The Hall–Kier alpha value is -10.6. The summed E-state index contributed by atoms with van der Waals surface area (Å²) >= 11 is 0. The topological polar surface area (TPSA) is 578 Å². The van der Waals surface area contributed by atoms with Crippen LogP contribution < -0.4 is 70.0 Å². The molecule has 0 saturated carbocycles. The molecule has 36 heteroatoms. The third-order valence-corrected chi connectivity index (χ3v) is 17.6. The summed E-state index contributed by atoms with van der Waals surface area (Å²) in [4.78, 5) is 221. The van der Waals surface area contributed by atoms with E-state index < -0.39 is 212 Å². The maximum Gasteiger partial charge on any atom is 0.326 e. The Bertz CT molecular complexity index is 3630. The third kappa shape index (κ3) is 30.0. The highest BCUT2D eigenvalue weighted by atomic mass is 16.4. The van der Waals surface area contributed by atoms with Gasteiger partial charge in [-0.3, -0.25) is 71.9 Å². The zero-order valence-corrected chi connectivity index (χ0v) is 62.1. The average molecular weight is 1520 g/mol. The lowest BCUT2D eigenvalue weighted by molar-refractivity contribution is -0.149. The van der Waals surface area contributed by atoms with Crippen molar-refractivity contribution in [3.63, 3.8) is 0 Å². The largest absolute Gasteiger partial charge is 0.481 e. The number of carboxylic acid groups (broad SMARTS) is 3. The van der Waals surface area contributed by atoms with Gasteiger partial charge in [-0.1, -0.05) is 90.1 Å². The molecule has 1 aromatic heterocycles. The highest BCUT2D eigenvalue weighted by molar-refractivity contribution is 6.01. The van der Waals surface area contributed by atoms with Crippen molar-refractivity contribution in [1.29, 1.82) is 0 Å². The molecule has 0 aliphatic carbocycles. The molecular weight excluding hydrogens is 1410 g/mol. The molecule has 3 aromatic rings. The number of primary amides is 1. The summed E-state index contributed by atoms with van der Waals surface area (Å²) in [7, 11) is 0. The number of fused-ring (bicyclic) bond motifs is 1. The summed E-state index contributed by atoms with van der Waals surface area (Å²) in [6.45, 7) is 11.9. The van der Waals surface area contributed by atoms with Crippen LogP contribution in [0, 0.1) is 17.8 Å². The van der Waals surface area contributed by atoms with E-state index in [2.05, 4.69) is 63.5 Å². The summed E-state index contributed by atoms with van der Waals surface area (Å²) in [5, 5.41) is 78.8. The van der Waals surface area contributed by atoms with Gasteiger partial charge in [-0.05, 0) is 113 Å². The summed E-state index contributed by atoms with van der Waals surface area (Å²) < 4.78 is 0. The molecule has 36 nitrogen and oxygen atoms in total. The smallest absolute Gasteiger partial charge is 0.326 e. The van der Waals surface area contributed by atoms with E-state index in [0.717, 1.165) is 13.8 Å². The van der Waals surface area contributed by atoms with E-state index in [1.165, 1.54) is 17.0 Å². The normalized spacial score (nSPS) is 16.1. The molecule has 13 atom stereocenters. The summed E-state index contributed by atoms with van der Waals surface area (Å²) in [5.74, 6) is -18.0. The number of benzene rings is 2. The minimum absolute atomic E-state index is 0.0293. The highest BCUT2D eigenvalue weighted by Crippen LogP contribution is 2.23. The van der Waals surface area contributed by atoms with E-state index in [1.807, 2.05) is 13.8 Å². The molecule has 1 aliphatic heterocycles. The van der Waals surface area contributed by atoms with Crippen LogP contribution in [0.25, 0.3) is 10.9 Å². The maximum absolute atomic E-state index is 15.0. The van der Waals surface area contributed by atoms with Crippen LogP contribution in [-0.2, 0) is 89.6 Å². The SMILES string of the molecule is CC(=O)N[C@@H](CCC(N)=O)C(=O)N[C@@H](CCC(=O)O)C(=O)N[C@H](C(=O)N[C@@H](Cc1ccccc1)C(=O)N[C@@H](CO)C(=O)N[C@@H](CC(=O)O)C(=O)N[C@@H](CC(C)C)C(=O)N[C@@H](Cc1c[nH]c2ccccc12)C(=O)N[C@@H](CCCCN)C(=O)N[C@@H](CC(C)C)C(=O)N[C@@H](CC(C)C)C(=O)N1CCC[C@H]1C(=O)O)[C@@H](C)O. The number of aromatic nitrogens is 1. The number of hydrogen-bond acceptors (Lipinski definition) is 19. The Morgan fingerprint density at radius 2 is 0.944 bits per heavy atom. The number of nitrogens with zero attached hydrogens (tertiary/aromatic N) is 1. The van der Waals surface area contributed by atoms with Gasteiger partial charge in [0.05, 0.1) is 19.1 Å². The first-order valence-corrected chi connectivity index (χ1v) is 36.1. The summed E-state index contributed by atoms with van der Waals surface area (Å²) in [6, 6.07) is -4.20. The van der Waals surface area contributed by atoms with Gasteiger partial charge in [0.15, 0.2) is 0 Å². The molecule has 4 rings (SSSR count). The van der Waals surface area contributed by atoms with E-state index in [0.29, 0.717) is 34.9 Å². The number of amides is 13. The first-order chi connectivity index (χ1) is 50.9. The number of H-pyrrole nitrogens is 1. The molecule has 0 spiro atoms. The van der Waals surface area contributed by atoms with E-state index in [1.54, 1.807) is 76.4 Å². The second kappa shape index (κ2) is 44.5. The fraction of sp³-hybridized carbons (Fsp3) is 0.583. The number of aliphatic hydroxyl groups excluding tert-OH is 2. The van der Waals surface area contributed by atoms with Gasteiger partial charge in [0, 0.05) is 56.3 Å². The van der Waals surface area contributed by atoms with Gasteiger partial charge < -0.3 is 105 Å². The minimum Gasteiger partial charge on any atom is -0.481 e. The van der Waals surface area contributed by atoms with Crippen LogP contribution >= 0.6 is 0 Å². The second-order valence-electron chi connectivity index (χ2n) is 28.2. The predicted octanol–water partition coefficient (Wildman–Crippen LogP) is -2.37. The zero-order chi connectivity index (χ0) is 80.6. The third-order valence-electron chi connectivity index (χ3n) is 17.6. The van der Waals surface area contributed by atoms with Crippen LogP contribution in [-0.4, -0.2) is 228 Å². The molecular formula is C72H107N15O21. The van der Waals surface area contributed by atoms with Crippen molar-refractivity contribution < 1.29 is 102 Å². The number of carboxylic acids is 3. The van der Waals surface area contributed by atoms with Gasteiger partial charge in [-0.2, -0.15) is 0 Å². The molecule has 1 saturated heterocycles. The Balaban J connectivity index is 1.63. The van der Waals surface area contributed by atoms with Crippen LogP contribution in [0.1, 0.15) is 150 Å². The van der Waals surface area contributed by atoms with Crippen molar-refractivity contribution >= 4 is 106 Å². The number of nitrogens with two attached hydrogens (primary N) is 2. The number of unbranched alkanes of at least 4 members (excludes halogenated alkanes) is 1. The Morgan fingerprint density at radius 1 is 0.500 bits per heavy atom. The average Bonchev–Trinajstić information content (AvgIpc) is 1.62. The second-order valence-corrected chi connectivity index (χ2v) is 28.2. The number of rotatable bonds is 47. The summed E-state index contributed by atoms with van der Waals surface area (Å²) in [6.07, 6.45) is -2.68. The van der Waals surface area contributed by atoms with Crippen LogP contribution in [0.3, 0.4) is 0 Å². The molecule has 0 radical (unpaired) electrons.